The normalized spacial score (nSPS) is 22.5. The number of aromatic nitrogens is 5. The minimum atomic E-state index is 0.0692. The van der Waals surface area contributed by atoms with Gasteiger partial charge in [0.2, 0.25) is 0 Å². The number of benzene rings is 1. The number of anilines is 4. The van der Waals surface area contributed by atoms with Gasteiger partial charge in [-0.1, -0.05) is 36.0 Å². The number of piperidine rings is 1. The Morgan fingerprint density at radius 1 is 0.982 bits per heavy atom. The molecule has 282 valence electrons. The second-order valence-corrected chi connectivity index (χ2v) is 15.9. The average Bonchev–Trinajstić information content (AvgIpc) is 3.85. The number of fused-ring (bicyclic) bond motifs is 2. The Kier molecular flexibility index (Phi) is 10.5. The second kappa shape index (κ2) is 15.7. The molecule has 2 aliphatic carbocycles. The first-order valence-corrected chi connectivity index (χ1v) is 19.8. The summed E-state index contributed by atoms with van der Waals surface area (Å²) in [5.74, 6) is 1.97. The van der Waals surface area contributed by atoms with Crippen LogP contribution in [0.2, 0.25) is 5.02 Å². The summed E-state index contributed by atoms with van der Waals surface area (Å²) in [6, 6.07) is 14.7. The Hall–Kier alpha value is -5.43. The van der Waals surface area contributed by atoms with Gasteiger partial charge in [0.15, 0.2) is 0 Å². The molecular formula is C42H47ClN12. The molecule has 2 saturated heterocycles. The van der Waals surface area contributed by atoms with Gasteiger partial charge in [0.25, 0.3) is 0 Å². The van der Waals surface area contributed by atoms with Crippen LogP contribution in [0.1, 0.15) is 79.7 Å². The van der Waals surface area contributed by atoms with Crippen LogP contribution < -0.4 is 20.9 Å². The van der Waals surface area contributed by atoms with Gasteiger partial charge in [0, 0.05) is 66.9 Å². The van der Waals surface area contributed by atoms with E-state index in [1.54, 1.807) is 23.0 Å². The van der Waals surface area contributed by atoms with E-state index in [0.29, 0.717) is 39.5 Å². The fourth-order valence-corrected chi connectivity index (χ4v) is 9.24. The van der Waals surface area contributed by atoms with Crippen LogP contribution in [0.4, 0.5) is 23.0 Å². The fourth-order valence-electron chi connectivity index (χ4n) is 9.03. The van der Waals surface area contributed by atoms with E-state index in [1.807, 2.05) is 12.3 Å². The maximum atomic E-state index is 9.27. The molecule has 3 fully saturated rings. The lowest BCUT2D eigenvalue weighted by atomic mass is 9.73. The van der Waals surface area contributed by atoms with Crippen LogP contribution in [0.3, 0.4) is 0 Å². The minimum Gasteiger partial charge on any atom is -0.370 e. The van der Waals surface area contributed by atoms with Crippen LogP contribution in [0.15, 0.2) is 73.5 Å². The molecule has 0 bridgehead atoms. The van der Waals surface area contributed by atoms with Crippen molar-refractivity contribution in [2.45, 2.75) is 69.1 Å². The Morgan fingerprint density at radius 3 is 2.56 bits per heavy atom. The molecule has 1 spiro atoms. The van der Waals surface area contributed by atoms with Gasteiger partial charge in [-0.3, -0.25) is 4.90 Å². The fraction of sp³-hybridized carbons (Fsp3) is 0.429. The molecule has 55 heavy (non-hydrogen) atoms. The highest BCUT2D eigenvalue weighted by molar-refractivity contribution is 6.33. The summed E-state index contributed by atoms with van der Waals surface area (Å²) in [4.78, 5) is 14.0. The third-order valence-corrected chi connectivity index (χ3v) is 12.5. The molecule has 3 aromatic heterocycles. The molecule has 1 atom stereocenters. The Balaban J connectivity index is 0.815. The number of rotatable bonds is 10. The van der Waals surface area contributed by atoms with Crippen molar-refractivity contribution in [3.05, 3.63) is 101 Å². The summed E-state index contributed by atoms with van der Waals surface area (Å²) in [5.41, 5.74) is 9.34. The van der Waals surface area contributed by atoms with Gasteiger partial charge >= 0.3 is 0 Å². The Bertz CT molecular complexity index is 2170. The number of halogens is 1. The van der Waals surface area contributed by atoms with E-state index >= 15 is 0 Å². The second-order valence-electron chi connectivity index (χ2n) is 15.4. The molecule has 8 rings (SSSR count). The number of nitriles is 2. The van der Waals surface area contributed by atoms with Crippen molar-refractivity contribution in [3.8, 4) is 17.8 Å². The van der Waals surface area contributed by atoms with Gasteiger partial charge in [-0.05, 0) is 99.6 Å². The van der Waals surface area contributed by atoms with Crippen LogP contribution in [0.25, 0.3) is 5.69 Å². The number of allylic oxidation sites excluding steroid dienone is 2. The van der Waals surface area contributed by atoms with Gasteiger partial charge in [-0.25, -0.2) is 14.6 Å². The molecular weight excluding hydrogens is 708 g/mol. The third kappa shape index (κ3) is 7.62. The molecule has 0 amide bonds. The van der Waals surface area contributed by atoms with E-state index in [2.05, 4.69) is 83.5 Å². The monoisotopic (exact) mass is 754 g/mol. The quantitative estimate of drug-likeness (QED) is 0.140. The van der Waals surface area contributed by atoms with Gasteiger partial charge in [-0.15, -0.1) is 5.10 Å². The van der Waals surface area contributed by atoms with Crippen molar-refractivity contribution in [1.29, 1.82) is 10.5 Å². The zero-order valence-electron chi connectivity index (χ0n) is 31.2. The van der Waals surface area contributed by atoms with Crippen molar-refractivity contribution in [1.82, 2.24) is 35.2 Å². The summed E-state index contributed by atoms with van der Waals surface area (Å²) in [6.45, 7) is 14.2. The third-order valence-electron chi connectivity index (χ3n) is 12.3. The van der Waals surface area contributed by atoms with Gasteiger partial charge in [-0.2, -0.15) is 10.5 Å². The van der Waals surface area contributed by atoms with Crippen molar-refractivity contribution >= 4 is 34.6 Å². The first-order chi connectivity index (χ1) is 26.8. The zero-order valence-corrected chi connectivity index (χ0v) is 32.0. The smallest absolute Gasteiger partial charge is 0.150 e. The van der Waals surface area contributed by atoms with E-state index in [-0.39, 0.29) is 12.0 Å². The minimum absolute atomic E-state index is 0.0692. The first kappa shape index (κ1) is 36.5. The van der Waals surface area contributed by atoms with E-state index in [4.69, 9.17) is 16.9 Å². The maximum absolute atomic E-state index is 9.27. The molecule has 1 saturated carbocycles. The molecule has 4 aromatic rings. The lowest BCUT2D eigenvalue weighted by Crippen LogP contribution is -2.47. The highest BCUT2D eigenvalue weighted by Crippen LogP contribution is 2.49. The lowest BCUT2D eigenvalue weighted by Gasteiger charge is -2.39. The van der Waals surface area contributed by atoms with E-state index in [9.17, 15) is 5.26 Å². The number of nitrogens with zero attached hydrogens (tertiary/aromatic N) is 9. The van der Waals surface area contributed by atoms with Crippen LogP contribution in [-0.2, 0) is 11.8 Å². The molecule has 13 heteroatoms. The van der Waals surface area contributed by atoms with E-state index in [0.717, 1.165) is 94.3 Å². The highest BCUT2D eigenvalue weighted by Gasteiger charge is 2.43. The number of nitrogens with one attached hydrogen (secondary N) is 3. The molecule has 1 aromatic carbocycles. The van der Waals surface area contributed by atoms with Gasteiger partial charge in [0.05, 0.1) is 40.4 Å². The molecule has 0 radical (unpaired) electrons. The molecule has 12 nitrogen and oxygen atoms in total. The predicted octanol–water partition coefficient (Wildman–Crippen LogP) is 7.34. The number of hydrogen-bond acceptors (Lipinski definition) is 11. The molecule has 1 unspecified atom stereocenters. The van der Waals surface area contributed by atoms with E-state index < -0.39 is 0 Å². The van der Waals surface area contributed by atoms with Crippen molar-refractivity contribution < 1.29 is 0 Å². The molecule has 3 N–H and O–H groups in total. The molecule has 5 heterocycles. The number of piperazine rings is 1. The number of aryl methyl sites for hydroxylation is 1. The summed E-state index contributed by atoms with van der Waals surface area (Å²) >= 11 is 6.31. The van der Waals surface area contributed by atoms with Crippen molar-refractivity contribution in [3.63, 3.8) is 0 Å². The van der Waals surface area contributed by atoms with Crippen LogP contribution in [-0.4, -0.2) is 69.1 Å². The highest BCUT2D eigenvalue weighted by atomic mass is 35.5. The summed E-state index contributed by atoms with van der Waals surface area (Å²) in [5, 5.41) is 37.4. The largest absolute Gasteiger partial charge is 0.370 e. The zero-order chi connectivity index (χ0) is 37.9. The Labute approximate surface area is 327 Å². The van der Waals surface area contributed by atoms with Crippen LogP contribution in [0, 0.1) is 28.6 Å². The maximum Gasteiger partial charge on any atom is 0.150 e. The van der Waals surface area contributed by atoms with Crippen LogP contribution in [0.5, 0.6) is 0 Å². The van der Waals surface area contributed by atoms with E-state index in [1.165, 1.54) is 42.3 Å². The van der Waals surface area contributed by atoms with Crippen LogP contribution >= 0.6 is 11.6 Å². The topological polar surface area (TPSA) is 147 Å². The molecule has 2 aliphatic heterocycles. The summed E-state index contributed by atoms with van der Waals surface area (Å²) in [6.07, 6.45) is 15.4. The van der Waals surface area contributed by atoms with Gasteiger partial charge < -0.3 is 20.9 Å². The molecule has 4 aliphatic rings. The lowest BCUT2D eigenvalue weighted by molar-refractivity contribution is 0.216. The summed E-state index contributed by atoms with van der Waals surface area (Å²) < 4.78 is 1.73. The van der Waals surface area contributed by atoms with Gasteiger partial charge in [0.1, 0.15) is 29.9 Å². The van der Waals surface area contributed by atoms with Crippen molar-refractivity contribution in [2.75, 3.05) is 54.8 Å². The summed E-state index contributed by atoms with van der Waals surface area (Å²) in [7, 11) is 0. The first-order valence-electron chi connectivity index (χ1n) is 19.4. The number of pyridine rings is 2. The SMILES string of the molecule is C=C1CCC2(CCc3cc(N4CCN(CCC5CCC(c6cn(-c7cnc(Nc8ncc(C#N)cc8Cl)cc7NCC#N)nn6)CC5)CC4)ccc32)C(=C)N1. The average molecular weight is 755 g/mol. The predicted molar refractivity (Wildman–Crippen MR) is 216 cm³/mol. The standard InChI is InChI=1S/C42H47ClN12/c1-28-9-12-42(29(2)49-28)13-10-33-22-34(7-8-35(33)42)54-19-17-53(18-20-54)16-11-30-3-5-32(6-4-30)38-27-55(52-51-38)39-26-47-40(23-37(39)46-15-14-44)50-41-36(43)21-31(24-45)25-48-41/h7-8,21-23,25-27,30,32,49H,1-6,9-13,15-20H2,(H2,46,47,48,50). The van der Waals surface area contributed by atoms with Crippen molar-refractivity contribution in [2.24, 2.45) is 5.92 Å². The number of hydrogen-bond donors (Lipinski definition) is 3. The Morgan fingerprint density at radius 2 is 1.80 bits per heavy atom.